The maximum absolute atomic E-state index is 12.6. The molecule has 5 nitrogen and oxygen atoms in total. The number of likely N-dealkylation sites (N-methyl/N-ethyl adjacent to an activating group) is 1. The number of hydrogen-bond donors (Lipinski definition) is 3. The predicted octanol–water partition coefficient (Wildman–Crippen LogP) is 1.18. The smallest absolute Gasteiger partial charge is 0.256 e. The highest BCUT2D eigenvalue weighted by atomic mass is 32.1. The summed E-state index contributed by atoms with van der Waals surface area (Å²) in [5.41, 5.74) is 3.13. The lowest BCUT2D eigenvalue weighted by Crippen LogP contribution is -3.08. The summed E-state index contributed by atoms with van der Waals surface area (Å²) in [6.45, 7) is 2.10. The third-order valence-electron chi connectivity index (χ3n) is 4.58. The van der Waals surface area contributed by atoms with E-state index in [-0.39, 0.29) is 12.1 Å². The number of nitrogens with one attached hydrogen (secondary N) is 3. The first-order chi connectivity index (χ1) is 11.2. The van der Waals surface area contributed by atoms with E-state index < -0.39 is 0 Å². The highest BCUT2D eigenvalue weighted by molar-refractivity contribution is 7.16. The minimum atomic E-state index is -0.189. The van der Waals surface area contributed by atoms with E-state index in [2.05, 4.69) is 17.7 Å². The lowest BCUT2D eigenvalue weighted by Gasteiger charge is -2.27. The van der Waals surface area contributed by atoms with Crippen molar-refractivity contribution in [3.8, 4) is 5.75 Å². The van der Waals surface area contributed by atoms with Crippen LogP contribution in [0.25, 0.3) is 0 Å². The van der Waals surface area contributed by atoms with Crippen molar-refractivity contribution in [1.82, 2.24) is 5.32 Å². The maximum Gasteiger partial charge on any atom is 0.256 e. The van der Waals surface area contributed by atoms with Crippen LogP contribution in [-0.4, -0.2) is 26.6 Å². The zero-order valence-corrected chi connectivity index (χ0v) is 14.0. The number of thiophene rings is 1. The van der Waals surface area contributed by atoms with Gasteiger partial charge < -0.3 is 20.3 Å². The molecule has 0 fully saturated rings. The second kappa shape index (κ2) is 5.54. The zero-order valence-electron chi connectivity index (χ0n) is 13.2. The number of quaternary nitrogens is 1. The SMILES string of the molecule is COc1ccc([C@@H]2NC(=O)c3c(sc4c3CC[NH+](C)C4)N2)cc1. The van der Waals surface area contributed by atoms with Crippen LogP contribution in [0.1, 0.15) is 32.5 Å². The fraction of sp³-hybridized carbons (Fsp3) is 0.353. The standard InChI is InChI=1S/C17H19N3O2S/c1-20-8-7-12-13(9-20)23-17-14(12)16(21)18-15(19-17)10-3-5-11(22-2)6-4-10/h3-6,15,19H,7-9H2,1-2H3,(H,18,21)/p+1/t15-/m1/s1. The van der Waals surface area contributed by atoms with E-state index in [1.54, 1.807) is 18.4 Å². The van der Waals surface area contributed by atoms with E-state index in [0.717, 1.165) is 41.4 Å². The average molecular weight is 330 g/mol. The van der Waals surface area contributed by atoms with Gasteiger partial charge in [0.25, 0.3) is 5.91 Å². The third kappa shape index (κ3) is 2.48. The summed E-state index contributed by atoms with van der Waals surface area (Å²) in [4.78, 5) is 15.5. The highest BCUT2D eigenvalue weighted by Gasteiger charge is 2.33. The fourth-order valence-electron chi connectivity index (χ4n) is 3.30. The summed E-state index contributed by atoms with van der Waals surface area (Å²) in [6.07, 6.45) is 0.793. The first kappa shape index (κ1) is 14.5. The third-order valence-corrected chi connectivity index (χ3v) is 5.75. The normalized spacial score (nSPS) is 22.6. The Labute approximate surface area is 139 Å². The van der Waals surface area contributed by atoms with Gasteiger partial charge in [-0.1, -0.05) is 12.1 Å². The largest absolute Gasteiger partial charge is 0.497 e. The monoisotopic (exact) mass is 330 g/mol. The summed E-state index contributed by atoms with van der Waals surface area (Å²) in [7, 11) is 3.85. The van der Waals surface area contributed by atoms with Crippen LogP contribution in [0.3, 0.4) is 0 Å². The number of hydrogen-bond acceptors (Lipinski definition) is 4. The van der Waals surface area contributed by atoms with Gasteiger partial charge in [0, 0.05) is 6.42 Å². The van der Waals surface area contributed by atoms with Crippen molar-refractivity contribution in [2.75, 3.05) is 26.0 Å². The molecule has 3 N–H and O–H groups in total. The van der Waals surface area contributed by atoms with Crippen LogP contribution < -0.4 is 20.3 Å². The van der Waals surface area contributed by atoms with Gasteiger partial charge in [0.1, 0.15) is 23.5 Å². The Morgan fingerprint density at radius 2 is 2.04 bits per heavy atom. The Balaban J connectivity index is 1.65. The van der Waals surface area contributed by atoms with Crippen LogP contribution in [0.2, 0.25) is 0 Å². The zero-order chi connectivity index (χ0) is 16.0. The van der Waals surface area contributed by atoms with Gasteiger partial charge in [-0.2, -0.15) is 0 Å². The summed E-state index contributed by atoms with van der Waals surface area (Å²) < 4.78 is 5.19. The molecule has 6 heteroatoms. The van der Waals surface area contributed by atoms with E-state index in [4.69, 9.17) is 4.74 Å². The molecule has 1 aromatic carbocycles. The number of fused-ring (bicyclic) bond motifs is 3. The van der Waals surface area contributed by atoms with Gasteiger partial charge in [0.05, 0.1) is 31.1 Å². The van der Waals surface area contributed by atoms with Crippen molar-refractivity contribution in [2.45, 2.75) is 19.1 Å². The van der Waals surface area contributed by atoms with Gasteiger partial charge in [0.2, 0.25) is 0 Å². The van der Waals surface area contributed by atoms with Crippen molar-refractivity contribution in [3.63, 3.8) is 0 Å². The molecule has 1 aromatic heterocycles. The van der Waals surface area contributed by atoms with Gasteiger partial charge in [-0.3, -0.25) is 4.79 Å². The Morgan fingerprint density at radius 1 is 1.26 bits per heavy atom. The van der Waals surface area contributed by atoms with Gasteiger partial charge in [-0.05, 0) is 23.3 Å². The van der Waals surface area contributed by atoms with Crippen LogP contribution in [0.5, 0.6) is 5.75 Å². The first-order valence-electron chi connectivity index (χ1n) is 7.83. The molecule has 4 rings (SSSR count). The van der Waals surface area contributed by atoms with Crippen molar-refractivity contribution in [3.05, 3.63) is 45.8 Å². The van der Waals surface area contributed by atoms with Gasteiger partial charge in [-0.25, -0.2) is 0 Å². The van der Waals surface area contributed by atoms with Crippen LogP contribution >= 0.6 is 11.3 Å². The number of amides is 1. The average Bonchev–Trinajstić information content (AvgIpc) is 2.92. The Hall–Kier alpha value is -2.05. The van der Waals surface area contributed by atoms with E-state index in [9.17, 15) is 4.79 Å². The number of methoxy groups -OCH3 is 1. The van der Waals surface area contributed by atoms with E-state index in [0.29, 0.717) is 0 Å². The molecule has 0 saturated heterocycles. The van der Waals surface area contributed by atoms with Crippen molar-refractivity contribution >= 4 is 22.2 Å². The minimum Gasteiger partial charge on any atom is -0.497 e. The van der Waals surface area contributed by atoms with E-state index >= 15 is 0 Å². The molecule has 0 aliphatic carbocycles. The minimum absolute atomic E-state index is 0.0385. The molecule has 23 heavy (non-hydrogen) atoms. The molecule has 0 spiro atoms. The van der Waals surface area contributed by atoms with Crippen molar-refractivity contribution in [1.29, 1.82) is 0 Å². The molecule has 3 heterocycles. The second-order valence-electron chi connectivity index (χ2n) is 6.17. The summed E-state index contributed by atoms with van der Waals surface area (Å²) in [5.74, 6) is 0.853. The first-order valence-corrected chi connectivity index (χ1v) is 8.64. The highest BCUT2D eigenvalue weighted by Crippen LogP contribution is 2.39. The molecule has 2 aliphatic heterocycles. The van der Waals surface area contributed by atoms with Crippen LogP contribution in [0.15, 0.2) is 24.3 Å². The van der Waals surface area contributed by atoms with Crippen LogP contribution in [0, 0.1) is 0 Å². The van der Waals surface area contributed by atoms with Crippen molar-refractivity contribution in [2.24, 2.45) is 0 Å². The molecule has 2 aliphatic rings. The summed E-state index contributed by atoms with van der Waals surface area (Å²) >= 11 is 1.73. The summed E-state index contributed by atoms with van der Waals surface area (Å²) in [5, 5.41) is 7.58. The van der Waals surface area contributed by atoms with Gasteiger partial charge in [0.15, 0.2) is 0 Å². The molecular formula is C17H20N3O2S+. The number of anilines is 1. The van der Waals surface area contributed by atoms with Crippen LogP contribution in [0.4, 0.5) is 5.00 Å². The lowest BCUT2D eigenvalue weighted by atomic mass is 10.0. The fourth-order valence-corrected chi connectivity index (χ4v) is 4.68. The number of rotatable bonds is 2. The maximum atomic E-state index is 12.6. The number of carbonyl (C=O) groups is 1. The molecule has 120 valence electrons. The Morgan fingerprint density at radius 3 is 2.78 bits per heavy atom. The summed E-state index contributed by atoms with van der Waals surface area (Å²) in [6, 6.07) is 7.79. The number of carbonyl (C=O) groups excluding carboxylic acids is 1. The topological polar surface area (TPSA) is 54.8 Å². The molecule has 2 atom stereocenters. The quantitative estimate of drug-likeness (QED) is 0.775. The molecular weight excluding hydrogens is 310 g/mol. The Bertz CT molecular complexity index is 754. The predicted molar refractivity (Wildman–Crippen MR) is 90.3 cm³/mol. The van der Waals surface area contributed by atoms with Crippen molar-refractivity contribution < 1.29 is 14.4 Å². The van der Waals surface area contributed by atoms with E-state index in [1.165, 1.54) is 15.3 Å². The molecule has 2 aromatic rings. The molecule has 0 saturated carbocycles. The van der Waals surface area contributed by atoms with Gasteiger partial charge >= 0.3 is 0 Å². The van der Waals surface area contributed by atoms with Gasteiger partial charge in [-0.15, -0.1) is 11.3 Å². The molecule has 1 amide bonds. The van der Waals surface area contributed by atoms with Crippen LogP contribution in [-0.2, 0) is 13.0 Å². The number of benzene rings is 1. The second-order valence-corrected chi connectivity index (χ2v) is 7.27. The molecule has 0 bridgehead atoms. The Kier molecular flexibility index (Phi) is 3.50. The molecule has 1 unspecified atom stereocenters. The number of ether oxygens (including phenoxy) is 1. The van der Waals surface area contributed by atoms with E-state index in [1.807, 2.05) is 24.3 Å². The molecule has 0 radical (unpaired) electrons. The lowest BCUT2D eigenvalue weighted by molar-refractivity contribution is -0.895.